The largest absolute Gasteiger partial charge is 0.345 e. The minimum absolute atomic E-state index is 0.146. The number of nitrogens with one attached hydrogen (secondary N) is 2. The first kappa shape index (κ1) is 14.2. The van der Waals surface area contributed by atoms with Crippen LogP contribution >= 0.6 is 22.7 Å². The normalized spacial score (nSPS) is 9.75. The fourth-order valence-corrected chi connectivity index (χ4v) is 2.71. The number of rotatable bonds is 5. The van der Waals surface area contributed by atoms with Gasteiger partial charge in [-0.2, -0.15) is 0 Å². The number of hydrogen-bond acceptors (Lipinski definition) is 5. The average molecular weight is 305 g/mol. The molecule has 0 aliphatic rings. The lowest BCUT2D eigenvalue weighted by atomic mass is 10.3. The quantitative estimate of drug-likeness (QED) is 0.827. The lowest BCUT2D eigenvalue weighted by Crippen LogP contribution is -2.25. The van der Waals surface area contributed by atoms with Gasteiger partial charge in [0.1, 0.15) is 0 Å². The lowest BCUT2D eigenvalue weighted by molar-refractivity contribution is -0.120. The molecule has 102 valence electrons. The Bertz CT molecular complexity index is 641. The number of amides is 2. The molecule has 0 radical (unpaired) electrons. The van der Waals surface area contributed by atoms with E-state index in [0.717, 1.165) is 0 Å². The van der Waals surface area contributed by atoms with Crippen LogP contribution in [-0.2, 0) is 11.2 Å². The molecule has 0 saturated carbocycles. The Balaban J connectivity index is 1.91. The minimum Gasteiger partial charge on any atom is -0.345 e. The summed E-state index contributed by atoms with van der Waals surface area (Å²) in [5.41, 5.74) is 0.603. The van der Waals surface area contributed by atoms with Gasteiger partial charge in [0.25, 0.3) is 5.91 Å². The molecule has 0 aliphatic carbocycles. The SMILES string of the molecule is C#CCNC(=O)Cc1csc(NC(=O)c2cccs2)n1. The van der Waals surface area contributed by atoms with E-state index in [1.165, 1.54) is 22.7 Å². The number of terminal acetylenes is 1. The summed E-state index contributed by atoms with van der Waals surface area (Å²) in [6, 6.07) is 3.55. The predicted molar refractivity (Wildman–Crippen MR) is 79.9 cm³/mol. The highest BCUT2D eigenvalue weighted by molar-refractivity contribution is 7.14. The van der Waals surface area contributed by atoms with Gasteiger partial charge in [0.05, 0.1) is 23.5 Å². The van der Waals surface area contributed by atoms with Crippen molar-refractivity contribution in [3.05, 3.63) is 33.5 Å². The van der Waals surface area contributed by atoms with Gasteiger partial charge < -0.3 is 5.32 Å². The van der Waals surface area contributed by atoms with E-state index < -0.39 is 0 Å². The maximum atomic E-state index is 11.8. The molecule has 2 heterocycles. The Morgan fingerprint density at radius 2 is 2.25 bits per heavy atom. The predicted octanol–water partition coefficient (Wildman–Crippen LogP) is 1.75. The Labute approximate surface area is 124 Å². The zero-order chi connectivity index (χ0) is 14.4. The van der Waals surface area contributed by atoms with Gasteiger partial charge in [-0.1, -0.05) is 12.0 Å². The van der Waals surface area contributed by atoms with Crippen LogP contribution in [0.5, 0.6) is 0 Å². The van der Waals surface area contributed by atoms with E-state index in [0.29, 0.717) is 15.7 Å². The van der Waals surface area contributed by atoms with Gasteiger partial charge in [-0.3, -0.25) is 14.9 Å². The van der Waals surface area contributed by atoms with Crippen molar-refractivity contribution in [2.75, 3.05) is 11.9 Å². The number of aromatic nitrogens is 1. The Hall–Kier alpha value is -2.17. The van der Waals surface area contributed by atoms with Crippen molar-refractivity contribution in [2.24, 2.45) is 0 Å². The molecule has 0 bridgehead atoms. The molecule has 2 aromatic rings. The van der Waals surface area contributed by atoms with E-state index in [2.05, 4.69) is 21.5 Å². The van der Waals surface area contributed by atoms with Gasteiger partial charge in [-0.15, -0.1) is 29.1 Å². The van der Waals surface area contributed by atoms with E-state index in [9.17, 15) is 9.59 Å². The first-order valence-electron chi connectivity index (χ1n) is 5.68. The molecule has 2 amide bonds. The van der Waals surface area contributed by atoms with Crippen molar-refractivity contribution < 1.29 is 9.59 Å². The Kier molecular flexibility index (Phi) is 4.87. The van der Waals surface area contributed by atoms with Crippen molar-refractivity contribution in [3.63, 3.8) is 0 Å². The average Bonchev–Trinajstić information content (AvgIpc) is 3.08. The highest BCUT2D eigenvalue weighted by Crippen LogP contribution is 2.18. The van der Waals surface area contributed by atoms with Crippen LogP contribution in [0.4, 0.5) is 5.13 Å². The fraction of sp³-hybridized carbons (Fsp3) is 0.154. The number of thiophene rings is 1. The summed E-state index contributed by atoms with van der Waals surface area (Å²) in [6.07, 6.45) is 5.20. The molecule has 2 aromatic heterocycles. The topological polar surface area (TPSA) is 71.1 Å². The summed E-state index contributed by atoms with van der Waals surface area (Å²) in [7, 11) is 0. The zero-order valence-corrected chi connectivity index (χ0v) is 12.0. The van der Waals surface area contributed by atoms with E-state index in [1.54, 1.807) is 11.4 Å². The van der Waals surface area contributed by atoms with Crippen molar-refractivity contribution >= 4 is 39.6 Å². The molecular weight excluding hydrogens is 294 g/mol. The second-order valence-electron chi connectivity index (χ2n) is 3.73. The molecule has 7 heteroatoms. The highest BCUT2D eigenvalue weighted by atomic mass is 32.1. The number of carbonyl (C=O) groups is 2. The number of thiazole rings is 1. The summed E-state index contributed by atoms with van der Waals surface area (Å²) < 4.78 is 0. The molecule has 0 aromatic carbocycles. The van der Waals surface area contributed by atoms with Crippen molar-refractivity contribution in [3.8, 4) is 12.3 Å². The van der Waals surface area contributed by atoms with Gasteiger partial charge in [-0.25, -0.2) is 4.98 Å². The van der Waals surface area contributed by atoms with Crippen LogP contribution < -0.4 is 10.6 Å². The fourth-order valence-electron chi connectivity index (χ4n) is 1.39. The van der Waals surface area contributed by atoms with Gasteiger partial charge in [-0.05, 0) is 11.4 Å². The molecule has 20 heavy (non-hydrogen) atoms. The molecule has 2 rings (SSSR count). The van der Waals surface area contributed by atoms with Gasteiger partial charge in [0, 0.05) is 5.38 Å². The first-order valence-corrected chi connectivity index (χ1v) is 7.44. The molecule has 0 saturated heterocycles. The summed E-state index contributed by atoms with van der Waals surface area (Å²) in [4.78, 5) is 28.1. The second-order valence-corrected chi connectivity index (χ2v) is 5.54. The molecule has 5 nitrogen and oxygen atoms in total. The second kappa shape index (κ2) is 6.84. The third-order valence-corrected chi connectivity index (χ3v) is 3.92. The Morgan fingerprint density at radius 1 is 1.40 bits per heavy atom. The summed E-state index contributed by atoms with van der Waals surface area (Å²) in [6.45, 7) is 0.199. The van der Waals surface area contributed by atoms with Crippen LogP contribution in [0, 0.1) is 12.3 Å². The number of anilines is 1. The van der Waals surface area contributed by atoms with Gasteiger partial charge in [0.15, 0.2) is 5.13 Å². The third kappa shape index (κ3) is 3.91. The zero-order valence-electron chi connectivity index (χ0n) is 10.4. The molecule has 0 aliphatic heterocycles. The standard InChI is InChI=1S/C13H11N3O2S2/c1-2-5-14-11(17)7-9-8-20-13(15-9)16-12(18)10-4-3-6-19-10/h1,3-4,6,8H,5,7H2,(H,14,17)(H,15,16,18). The van der Waals surface area contributed by atoms with Crippen molar-refractivity contribution in [1.29, 1.82) is 0 Å². The highest BCUT2D eigenvalue weighted by Gasteiger charge is 2.11. The van der Waals surface area contributed by atoms with E-state index >= 15 is 0 Å². The first-order chi connectivity index (χ1) is 9.69. The summed E-state index contributed by atoms with van der Waals surface area (Å²) >= 11 is 2.64. The third-order valence-electron chi connectivity index (χ3n) is 2.25. The van der Waals surface area contributed by atoms with Crippen molar-refractivity contribution in [2.45, 2.75) is 6.42 Å². The molecule has 0 spiro atoms. The van der Waals surface area contributed by atoms with E-state index in [4.69, 9.17) is 6.42 Å². The van der Waals surface area contributed by atoms with Gasteiger partial charge >= 0.3 is 0 Å². The number of carbonyl (C=O) groups excluding carboxylic acids is 2. The molecule has 0 unspecified atom stereocenters. The summed E-state index contributed by atoms with van der Waals surface area (Å²) in [5, 5.41) is 9.30. The number of nitrogens with zero attached hydrogens (tertiary/aromatic N) is 1. The van der Waals surface area contributed by atoms with Crippen LogP contribution in [-0.4, -0.2) is 23.3 Å². The Morgan fingerprint density at radius 3 is 2.95 bits per heavy atom. The van der Waals surface area contributed by atoms with Crippen molar-refractivity contribution in [1.82, 2.24) is 10.3 Å². The molecular formula is C13H11N3O2S2. The maximum Gasteiger partial charge on any atom is 0.267 e. The maximum absolute atomic E-state index is 11.8. The van der Waals surface area contributed by atoms with Crippen LogP contribution in [0.1, 0.15) is 15.4 Å². The molecule has 0 atom stereocenters. The van der Waals surface area contributed by atoms with Crippen LogP contribution in [0.2, 0.25) is 0 Å². The van der Waals surface area contributed by atoms with Gasteiger partial charge in [0.2, 0.25) is 5.91 Å². The van der Waals surface area contributed by atoms with E-state index in [-0.39, 0.29) is 24.8 Å². The molecule has 0 fully saturated rings. The molecule has 2 N–H and O–H groups in total. The van der Waals surface area contributed by atoms with Crippen LogP contribution in [0.25, 0.3) is 0 Å². The lowest BCUT2D eigenvalue weighted by Gasteiger charge is -1.99. The monoisotopic (exact) mass is 305 g/mol. The smallest absolute Gasteiger partial charge is 0.267 e. The minimum atomic E-state index is -0.197. The van der Waals surface area contributed by atoms with E-state index in [1.807, 2.05) is 11.4 Å². The van der Waals surface area contributed by atoms with Crippen LogP contribution in [0.3, 0.4) is 0 Å². The van der Waals surface area contributed by atoms with Crippen LogP contribution in [0.15, 0.2) is 22.9 Å². The number of hydrogen-bond donors (Lipinski definition) is 2. The summed E-state index contributed by atoms with van der Waals surface area (Å²) in [5.74, 6) is 1.94.